The maximum Gasteiger partial charge on any atom is 0.144 e. The summed E-state index contributed by atoms with van der Waals surface area (Å²) >= 11 is 0. The molecule has 0 saturated carbocycles. The van der Waals surface area contributed by atoms with Gasteiger partial charge >= 0.3 is 0 Å². The number of rotatable bonds is 2. The van der Waals surface area contributed by atoms with Crippen LogP contribution in [0.25, 0.3) is 0 Å². The summed E-state index contributed by atoms with van der Waals surface area (Å²) < 4.78 is 5.87. The van der Waals surface area contributed by atoms with Gasteiger partial charge in [-0.25, -0.2) is 0 Å². The number of ether oxygens (including phenoxy) is 1. The number of nitrogens with one attached hydrogen (secondary N) is 1. The summed E-state index contributed by atoms with van der Waals surface area (Å²) in [4.78, 5) is 2.53. The molecule has 17 heavy (non-hydrogen) atoms. The van der Waals surface area contributed by atoms with E-state index in [4.69, 9.17) is 4.74 Å². The average molecular weight is 232 g/mol. The molecule has 1 unspecified atom stereocenters. The minimum Gasteiger partial charge on any atom is -0.489 e. The molecule has 0 bridgehead atoms. The van der Waals surface area contributed by atoms with E-state index in [1.807, 2.05) is 0 Å². The van der Waals surface area contributed by atoms with Crippen LogP contribution >= 0.6 is 0 Å². The topological polar surface area (TPSA) is 24.5 Å². The molecule has 2 aliphatic rings. The van der Waals surface area contributed by atoms with Crippen LogP contribution in [-0.2, 0) is 0 Å². The Labute approximate surface area is 103 Å². The minimum atomic E-state index is 0.222. The van der Waals surface area contributed by atoms with Crippen LogP contribution in [0.3, 0.4) is 0 Å². The summed E-state index contributed by atoms with van der Waals surface area (Å²) in [5.41, 5.74) is 2.50. The second-order valence-corrected chi connectivity index (χ2v) is 5.19. The van der Waals surface area contributed by atoms with E-state index in [9.17, 15) is 0 Å². The second-order valence-electron chi connectivity index (χ2n) is 5.19. The second kappa shape index (κ2) is 4.13. The van der Waals surface area contributed by atoms with Crippen molar-refractivity contribution in [2.75, 3.05) is 23.3 Å². The Balaban J connectivity index is 1.97. The Kier molecular flexibility index (Phi) is 2.61. The van der Waals surface area contributed by atoms with Gasteiger partial charge in [-0.05, 0) is 38.8 Å². The lowest BCUT2D eigenvalue weighted by Gasteiger charge is -2.35. The van der Waals surface area contributed by atoms with Gasteiger partial charge in [0.2, 0.25) is 0 Å². The summed E-state index contributed by atoms with van der Waals surface area (Å²) in [5, 5.41) is 3.54. The summed E-state index contributed by atoms with van der Waals surface area (Å²) in [7, 11) is 0. The lowest BCUT2D eigenvalue weighted by atomic mass is 10.1. The van der Waals surface area contributed by atoms with Crippen LogP contribution < -0.4 is 15.0 Å². The number of hydrogen-bond donors (Lipinski definition) is 1. The van der Waals surface area contributed by atoms with E-state index in [0.717, 1.165) is 12.3 Å². The van der Waals surface area contributed by atoms with Crippen LogP contribution in [0.2, 0.25) is 0 Å². The zero-order valence-corrected chi connectivity index (χ0v) is 10.6. The van der Waals surface area contributed by atoms with Crippen molar-refractivity contribution < 1.29 is 4.74 Å². The van der Waals surface area contributed by atoms with E-state index in [1.165, 1.54) is 30.8 Å². The highest BCUT2D eigenvalue weighted by Gasteiger charge is 2.31. The van der Waals surface area contributed by atoms with E-state index in [-0.39, 0.29) is 6.10 Å². The normalized spacial score (nSPS) is 22.1. The molecule has 0 amide bonds. The van der Waals surface area contributed by atoms with Crippen molar-refractivity contribution in [3.8, 4) is 5.75 Å². The van der Waals surface area contributed by atoms with Gasteiger partial charge in [-0.1, -0.05) is 6.07 Å². The molecule has 0 spiro atoms. The molecule has 2 aliphatic heterocycles. The number of fused-ring (bicyclic) bond motifs is 3. The SMILES string of the molecule is CC(C)Oc1cccc2c1NCC1CCCN21. The molecule has 1 N–H and O–H groups in total. The van der Waals surface area contributed by atoms with Crippen molar-refractivity contribution >= 4 is 11.4 Å². The van der Waals surface area contributed by atoms with Crippen molar-refractivity contribution in [3.05, 3.63) is 18.2 Å². The quantitative estimate of drug-likeness (QED) is 0.848. The molecule has 1 fully saturated rings. The van der Waals surface area contributed by atoms with Gasteiger partial charge in [-0.3, -0.25) is 0 Å². The van der Waals surface area contributed by atoms with E-state index < -0.39 is 0 Å². The Bertz CT molecular complexity index is 417. The third-order valence-electron chi connectivity index (χ3n) is 3.57. The molecule has 1 saturated heterocycles. The van der Waals surface area contributed by atoms with Gasteiger partial charge in [0, 0.05) is 19.1 Å². The first kappa shape index (κ1) is 10.8. The molecule has 1 aromatic rings. The number of para-hydroxylation sites is 1. The highest BCUT2D eigenvalue weighted by molar-refractivity contribution is 5.79. The van der Waals surface area contributed by atoms with Crippen LogP contribution in [0, 0.1) is 0 Å². The maximum absolute atomic E-state index is 5.87. The van der Waals surface area contributed by atoms with Crippen LogP contribution in [0.5, 0.6) is 5.75 Å². The van der Waals surface area contributed by atoms with Crippen LogP contribution in [0.15, 0.2) is 18.2 Å². The molecule has 3 rings (SSSR count). The molecule has 0 aliphatic carbocycles. The lowest BCUT2D eigenvalue weighted by Crippen LogP contribution is -2.39. The Morgan fingerprint density at radius 3 is 3.12 bits per heavy atom. The first-order valence-corrected chi connectivity index (χ1v) is 6.56. The van der Waals surface area contributed by atoms with Gasteiger partial charge in [0.25, 0.3) is 0 Å². The minimum absolute atomic E-state index is 0.222. The predicted molar refractivity (Wildman–Crippen MR) is 71.1 cm³/mol. The number of hydrogen-bond acceptors (Lipinski definition) is 3. The standard InChI is InChI=1S/C14H20N2O/c1-10(2)17-13-7-3-6-12-14(13)15-9-11-5-4-8-16(11)12/h3,6-7,10-11,15H,4-5,8-9H2,1-2H3. The van der Waals surface area contributed by atoms with Crippen molar-refractivity contribution in [2.24, 2.45) is 0 Å². The zero-order valence-electron chi connectivity index (χ0n) is 10.6. The van der Waals surface area contributed by atoms with E-state index in [1.54, 1.807) is 0 Å². The molecule has 92 valence electrons. The number of benzene rings is 1. The van der Waals surface area contributed by atoms with Crippen molar-refractivity contribution in [2.45, 2.75) is 38.8 Å². The fourth-order valence-electron chi connectivity index (χ4n) is 2.87. The van der Waals surface area contributed by atoms with Crippen molar-refractivity contribution in [3.63, 3.8) is 0 Å². The van der Waals surface area contributed by atoms with Crippen LogP contribution in [0.4, 0.5) is 11.4 Å². The van der Waals surface area contributed by atoms with Crippen molar-refractivity contribution in [1.29, 1.82) is 0 Å². The highest BCUT2D eigenvalue weighted by atomic mass is 16.5. The third-order valence-corrected chi connectivity index (χ3v) is 3.57. The fraction of sp³-hybridized carbons (Fsp3) is 0.571. The molecule has 0 radical (unpaired) electrons. The summed E-state index contributed by atoms with van der Waals surface area (Å²) in [5.74, 6) is 0.989. The van der Waals surface area contributed by atoms with Crippen LogP contribution in [0.1, 0.15) is 26.7 Å². The smallest absolute Gasteiger partial charge is 0.144 e. The van der Waals surface area contributed by atoms with Crippen LogP contribution in [-0.4, -0.2) is 25.2 Å². The van der Waals surface area contributed by atoms with E-state index in [2.05, 4.69) is 42.3 Å². The first-order chi connectivity index (χ1) is 8.25. The molecule has 3 heteroatoms. The average Bonchev–Trinajstić information content (AvgIpc) is 2.76. The van der Waals surface area contributed by atoms with Gasteiger partial charge < -0.3 is 15.0 Å². The maximum atomic E-state index is 5.87. The van der Waals surface area contributed by atoms with Gasteiger partial charge in [-0.2, -0.15) is 0 Å². The number of anilines is 2. The van der Waals surface area contributed by atoms with Gasteiger partial charge in [0.05, 0.1) is 11.8 Å². The van der Waals surface area contributed by atoms with Gasteiger partial charge in [-0.15, -0.1) is 0 Å². The summed E-state index contributed by atoms with van der Waals surface area (Å²) in [6.45, 7) is 6.37. The largest absolute Gasteiger partial charge is 0.489 e. The van der Waals surface area contributed by atoms with Gasteiger partial charge in [0.1, 0.15) is 11.4 Å². The number of nitrogens with zero attached hydrogens (tertiary/aromatic N) is 1. The molecular formula is C14H20N2O. The van der Waals surface area contributed by atoms with E-state index >= 15 is 0 Å². The van der Waals surface area contributed by atoms with E-state index in [0.29, 0.717) is 6.04 Å². The fourth-order valence-corrected chi connectivity index (χ4v) is 2.87. The summed E-state index contributed by atoms with van der Waals surface area (Å²) in [6, 6.07) is 7.03. The first-order valence-electron chi connectivity index (χ1n) is 6.56. The third kappa shape index (κ3) is 1.84. The molecule has 2 heterocycles. The Hall–Kier alpha value is -1.38. The molecule has 3 nitrogen and oxygen atoms in total. The summed E-state index contributed by atoms with van der Waals surface area (Å²) in [6.07, 6.45) is 2.84. The Morgan fingerprint density at radius 1 is 1.41 bits per heavy atom. The van der Waals surface area contributed by atoms with Gasteiger partial charge in [0.15, 0.2) is 0 Å². The predicted octanol–water partition coefficient (Wildman–Crippen LogP) is 2.87. The lowest BCUT2D eigenvalue weighted by molar-refractivity contribution is 0.243. The molecule has 1 aromatic carbocycles. The highest BCUT2D eigenvalue weighted by Crippen LogP contribution is 2.41. The Morgan fingerprint density at radius 2 is 2.29 bits per heavy atom. The molecule has 0 aromatic heterocycles. The van der Waals surface area contributed by atoms with Crippen molar-refractivity contribution in [1.82, 2.24) is 0 Å². The zero-order chi connectivity index (χ0) is 11.8. The molecular weight excluding hydrogens is 212 g/mol. The molecule has 1 atom stereocenters. The monoisotopic (exact) mass is 232 g/mol.